The number of nitrogens with one attached hydrogen (secondary N) is 2. The monoisotopic (exact) mass is 539 g/mol. The van der Waals surface area contributed by atoms with E-state index < -0.39 is 10.0 Å². The highest BCUT2D eigenvalue weighted by molar-refractivity contribution is 7.92. The van der Waals surface area contributed by atoms with E-state index in [9.17, 15) is 18.0 Å². The van der Waals surface area contributed by atoms with Gasteiger partial charge in [-0.2, -0.15) is 0 Å². The number of methoxy groups -OCH3 is 1. The Balaban J connectivity index is 1.78. The van der Waals surface area contributed by atoms with Gasteiger partial charge in [-0.15, -0.1) is 0 Å². The molecule has 0 spiro atoms. The number of carbonyl (C=O) groups is 2. The minimum absolute atomic E-state index is 0.233. The molecular weight excluding hydrogens is 514 g/mol. The number of rotatable bonds is 8. The summed E-state index contributed by atoms with van der Waals surface area (Å²) in [6, 6.07) is 19.6. The highest BCUT2D eigenvalue weighted by atomic mass is 35.5. The van der Waals surface area contributed by atoms with Gasteiger partial charge >= 0.3 is 5.97 Å². The molecule has 0 aromatic heterocycles. The summed E-state index contributed by atoms with van der Waals surface area (Å²) >= 11 is 6.14. The third-order valence-electron chi connectivity index (χ3n) is 6.04. The molecular formula is C27H26ClN3O5S. The lowest BCUT2D eigenvalue weighted by molar-refractivity contribution is -0.140. The van der Waals surface area contributed by atoms with Crippen molar-refractivity contribution in [1.82, 2.24) is 0 Å². The molecule has 10 heteroatoms. The first-order chi connectivity index (χ1) is 17.6. The van der Waals surface area contributed by atoms with Gasteiger partial charge in [0, 0.05) is 29.7 Å². The zero-order chi connectivity index (χ0) is 26.7. The van der Waals surface area contributed by atoms with Crippen LogP contribution in [0.4, 0.5) is 17.1 Å². The van der Waals surface area contributed by atoms with Gasteiger partial charge in [0.1, 0.15) is 0 Å². The highest BCUT2D eigenvalue weighted by Crippen LogP contribution is 2.39. The van der Waals surface area contributed by atoms with E-state index in [-0.39, 0.29) is 18.3 Å². The minimum atomic E-state index is -3.40. The van der Waals surface area contributed by atoms with Crippen LogP contribution < -0.4 is 14.9 Å². The molecule has 3 aromatic carbocycles. The van der Waals surface area contributed by atoms with E-state index in [1.54, 1.807) is 42.5 Å². The average molecular weight is 540 g/mol. The van der Waals surface area contributed by atoms with Crippen molar-refractivity contribution >= 4 is 61.8 Å². The van der Waals surface area contributed by atoms with E-state index in [1.807, 2.05) is 24.3 Å². The number of sulfonamides is 1. The van der Waals surface area contributed by atoms with Gasteiger partial charge in [-0.1, -0.05) is 35.9 Å². The van der Waals surface area contributed by atoms with E-state index in [4.69, 9.17) is 16.3 Å². The van der Waals surface area contributed by atoms with Crippen molar-refractivity contribution in [2.75, 3.05) is 35.4 Å². The normalized spacial score (nSPS) is 14.0. The molecule has 0 fully saturated rings. The summed E-state index contributed by atoms with van der Waals surface area (Å²) in [4.78, 5) is 24.8. The van der Waals surface area contributed by atoms with Crippen LogP contribution in [-0.4, -0.2) is 40.7 Å². The van der Waals surface area contributed by atoms with Crippen molar-refractivity contribution in [3.8, 4) is 0 Å². The molecule has 1 aliphatic heterocycles. The lowest BCUT2D eigenvalue weighted by Crippen LogP contribution is -2.24. The second kappa shape index (κ2) is 10.7. The second-order valence-electron chi connectivity index (χ2n) is 8.57. The van der Waals surface area contributed by atoms with Crippen LogP contribution in [0.2, 0.25) is 5.02 Å². The summed E-state index contributed by atoms with van der Waals surface area (Å²) in [5.41, 5.74) is 5.12. The van der Waals surface area contributed by atoms with E-state index >= 15 is 0 Å². The summed E-state index contributed by atoms with van der Waals surface area (Å²) < 4.78 is 29.7. The van der Waals surface area contributed by atoms with Gasteiger partial charge in [-0.25, -0.2) is 8.42 Å². The van der Waals surface area contributed by atoms with Crippen LogP contribution in [0.15, 0.2) is 66.7 Å². The van der Waals surface area contributed by atoms with Crippen LogP contribution in [-0.2, 0) is 30.8 Å². The number of fused-ring (bicyclic) bond motifs is 1. The van der Waals surface area contributed by atoms with Crippen molar-refractivity contribution in [3.05, 3.63) is 88.4 Å². The first-order valence-electron chi connectivity index (χ1n) is 11.4. The van der Waals surface area contributed by atoms with E-state index in [2.05, 4.69) is 10.6 Å². The number of halogens is 1. The molecule has 4 rings (SSSR count). The SMILES string of the molecule is COC(=O)CCc1cccc(C(Nc2ccc(N(C)S(C)(=O)=O)cc2)=C2C(=O)Nc3cc(Cl)ccc32)c1. The molecule has 8 nitrogen and oxygen atoms in total. The van der Waals surface area contributed by atoms with Gasteiger partial charge in [-0.3, -0.25) is 13.9 Å². The first-order valence-corrected chi connectivity index (χ1v) is 13.6. The third kappa shape index (κ3) is 5.95. The van der Waals surface area contributed by atoms with Crippen molar-refractivity contribution in [2.45, 2.75) is 12.8 Å². The Morgan fingerprint density at radius 2 is 1.81 bits per heavy atom. The molecule has 192 valence electrons. The second-order valence-corrected chi connectivity index (χ2v) is 11.0. The van der Waals surface area contributed by atoms with Crippen molar-refractivity contribution in [2.24, 2.45) is 0 Å². The van der Waals surface area contributed by atoms with Crippen LogP contribution in [0.3, 0.4) is 0 Å². The molecule has 2 N–H and O–H groups in total. The topological polar surface area (TPSA) is 105 Å². The first kappa shape index (κ1) is 26.2. The summed E-state index contributed by atoms with van der Waals surface area (Å²) in [5, 5.41) is 6.73. The summed E-state index contributed by atoms with van der Waals surface area (Å²) in [6.07, 6.45) is 1.85. The number of amides is 1. The third-order valence-corrected chi connectivity index (χ3v) is 7.48. The Morgan fingerprint density at radius 3 is 2.49 bits per heavy atom. The highest BCUT2D eigenvalue weighted by Gasteiger charge is 2.29. The number of benzene rings is 3. The number of aryl methyl sites for hydroxylation is 1. The van der Waals surface area contributed by atoms with Gasteiger partial charge in [0.05, 0.1) is 36.0 Å². The number of esters is 1. The number of anilines is 3. The van der Waals surface area contributed by atoms with E-state index in [0.717, 1.165) is 17.4 Å². The maximum Gasteiger partial charge on any atom is 0.305 e. The Bertz CT molecular complexity index is 1500. The number of hydrogen-bond acceptors (Lipinski definition) is 6. The van der Waals surface area contributed by atoms with Gasteiger partial charge in [0.15, 0.2) is 0 Å². The maximum atomic E-state index is 13.2. The average Bonchev–Trinajstić information content (AvgIpc) is 3.19. The Kier molecular flexibility index (Phi) is 7.56. The smallest absolute Gasteiger partial charge is 0.305 e. The molecule has 0 aliphatic carbocycles. The molecule has 0 saturated heterocycles. The molecule has 0 radical (unpaired) electrons. The van der Waals surface area contributed by atoms with Crippen LogP contribution in [0.25, 0.3) is 11.3 Å². The molecule has 0 saturated carbocycles. The van der Waals surface area contributed by atoms with Crippen LogP contribution in [0.1, 0.15) is 23.1 Å². The molecule has 0 bridgehead atoms. The maximum absolute atomic E-state index is 13.2. The van der Waals surface area contributed by atoms with E-state index in [0.29, 0.717) is 45.3 Å². The molecule has 3 aromatic rings. The fraction of sp³-hybridized carbons (Fsp3) is 0.185. The summed E-state index contributed by atoms with van der Waals surface area (Å²) in [5.74, 6) is -0.588. The molecule has 0 atom stereocenters. The molecule has 1 amide bonds. The molecule has 0 unspecified atom stereocenters. The van der Waals surface area contributed by atoms with E-state index in [1.165, 1.54) is 18.5 Å². The lowest BCUT2D eigenvalue weighted by atomic mass is 9.97. The summed E-state index contributed by atoms with van der Waals surface area (Å²) in [7, 11) is -0.568. The summed E-state index contributed by atoms with van der Waals surface area (Å²) in [6.45, 7) is 0. The fourth-order valence-electron chi connectivity index (χ4n) is 3.99. The molecule has 37 heavy (non-hydrogen) atoms. The Morgan fingerprint density at radius 1 is 1.08 bits per heavy atom. The quantitative estimate of drug-likeness (QED) is 0.315. The van der Waals surface area contributed by atoms with Crippen LogP contribution in [0, 0.1) is 0 Å². The Hall–Kier alpha value is -3.82. The van der Waals surface area contributed by atoms with Crippen molar-refractivity contribution < 1.29 is 22.7 Å². The standard InChI is InChI=1S/C27H26ClN3O5S/c1-31(37(3,34)35)21-11-9-20(10-12-21)29-26(18-6-4-5-17(15-18)7-14-24(32)36-2)25-22-13-8-19(28)16-23(22)30-27(25)33/h4-6,8-13,15-16,29H,7,14H2,1-3H3,(H,30,33). The molecule has 1 aliphatic rings. The predicted octanol–water partition coefficient (Wildman–Crippen LogP) is 4.77. The van der Waals surface area contributed by atoms with Gasteiger partial charge in [0.2, 0.25) is 10.0 Å². The number of ether oxygens (including phenoxy) is 1. The zero-order valence-corrected chi connectivity index (χ0v) is 22.1. The van der Waals surface area contributed by atoms with Crippen LogP contribution >= 0.6 is 11.6 Å². The van der Waals surface area contributed by atoms with Gasteiger partial charge in [-0.05, 0) is 60.0 Å². The Labute approximate surface area is 220 Å². The minimum Gasteiger partial charge on any atom is -0.469 e. The zero-order valence-electron chi connectivity index (χ0n) is 20.5. The predicted molar refractivity (Wildman–Crippen MR) is 147 cm³/mol. The van der Waals surface area contributed by atoms with Gasteiger partial charge < -0.3 is 15.4 Å². The number of nitrogens with zero attached hydrogens (tertiary/aromatic N) is 1. The van der Waals surface area contributed by atoms with Gasteiger partial charge in [0.25, 0.3) is 5.91 Å². The number of hydrogen-bond donors (Lipinski definition) is 2. The molecule has 1 heterocycles. The fourth-order valence-corrected chi connectivity index (χ4v) is 4.67. The van der Waals surface area contributed by atoms with Crippen molar-refractivity contribution in [1.29, 1.82) is 0 Å². The largest absolute Gasteiger partial charge is 0.469 e. The number of carbonyl (C=O) groups excluding carboxylic acids is 2. The van der Waals surface area contributed by atoms with Crippen molar-refractivity contribution in [3.63, 3.8) is 0 Å². The van der Waals surface area contributed by atoms with Crippen LogP contribution in [0.5, 0.6) is 0 Å². The lowest BCUT2D eigenvalue weighted by Gasteiger charge is -2.19.